The van der Waals surface area contributed by atoms with Crippen molar-refractivity contribution >= 4 is 6.03 Å². The van der Waals surface area contributed by atoms with Gasteiger partial charge in [-0.2, -0.15) is 0 Å². The van der Waals surface area contributed by atoms with Gasteiger partial charge in [-0.15, -0.1) is 0 Å². The second-order valence-corrected chi connectivity index (χ2v) is 6.72. The number of amides is 2. The molecule has 1 aromatic carbocycles. The Balaban J connectivity index is 1.36. The van der Waals surface area contributed by atoms with E-state index in [4.69, 9.17) is 9.47 Å². The predicted molar refractivity (Wildman–Crippen MR) is 97.1 cm³/mol. The fraction of sp³-hybridized carbons (Fsp3) is 0.632. The third kappa shape index (κ3) is 5.09. The maximum Gasteiger partial charge on any atom is 0.317 e. The van der Waals surface area contributed by atoms with Crippen LogP contribution in [0.15, 0.2) is 24.3 Å². The molecule has 0 saturated carbocycles. The second-order valence-electron chi connectivity index (χ2n) is 6.72. The first kappa shape index (κ1) is 18.0. The van der Waals surface area contributed by atoms with Crippen molar-refractivity contribution in [2.24, 2.45) is 0 Å². The van der Waals surface area contributed by atoms with Gasteiger partial charge in [0.1, 0.15) is 5.75 Å². The maximum atomic E-state index is 12.3. The Kier molecular flexibility index (Phi) is 6.53. The average Bonchev–Trinajstić information content (AvgIpc) is 3.15. The molecular weight excluding hydrogens is 318 g/mol. The quantitative estimate of drug-likeness (QED) is 0.852. The highest BCUT2D eigenvalue weighted by atomic mass is 16.5. The molecule has 0 bridgehead atoms. The molecule has 2 amide bonds. The number of hydrogen-bond acceptors (Lipinski definition) is 4. The first-order valence-electron chi connectivity index (χ1n) is 9.25. The molecule has 1 aromatic rings. The third-order valence-corrected chi connectivity index (χ3v) is 5.01. The number of para-hydroxylation sites is 1. The normalized spacial score (nSPS) is 21.3. The minimum Gasteiger partial charge on any atom is -0.496 e. The summed E-state index contributed by atoms with van der Waals surface area (Å²) in [6.45, 7) is 5.96. The minimum atomic E-state index is 0.0339. The summed E-state index contributed by atoms with van der Waals surface area (Å²) in [6.07, 6.45) is 3.51. The van der Waals surface area contributed by atoms with Gasteiger partial charge in [0.05, 0.1) is 13.2 Å². The van der Waals surface area contributed by atoms with Crippen LogP contribution in [-0.2, 0) is 11.2 Å². The highest BCUT2D eigenvalue weighted by Gasteiger charge is 2.24. The number of carbonyl (C=O) groups is 1. The molecular formula is C19H29N3O3. The van der Waals surface area contributed by atoms with Gasteiger partial charge in [-0.05, 0) is 30.9 Å². The van der Waals surface area contributed by atoms with E-state index in [2.05, 4.69) is 10.2 Å². The van der Waals surface area contributed by atoms with E-state index in [0.717, 1.165) is 57.1 Å². The topological polar surface area (TPSA) is 54.0 Å². The number of ether oxygens (including phenoxy) is 2. The lowest BCUT2D eigenvalue weighted by atomic mass is 10.1. The molecule has 0 aliphatic carbocycles. The standard InChI is InChI=1S/C19H29N3O3/c1-24-18-7-3-2-5-16(18)8-9-20-19(23)22-12-10-21(11-13-22)15-17-6-4-14-25-17/h2-3,5,7,17H,4,6,8-15H2,1H3,(H,20,23). The zero-order valence-corrected chi connectivity index (χ0v) is 15.1. The minimum absolute atomic E-state index is 0.0339. The molecule has 2 heterocycles. The molecule has 2 saturated heterocycles. The van der Waals surface area contributed by atoms with Crippen molar-refractivity contribution in [1.29, 1.82) is 0 Å². The van der Waals surface area contributed by atoms with Crippen LogP contribution < -0.4 is 10.1 Å². The van der Waals surface area contributed by atoms with Gasteiger partial charge in [-0.25, -0.2) is 4.79 Å². The largest absolute Gasteiger partial charge is 0.496 e. The van der Waals surface area contributed by atoms with Crippen molar-refractivity contribution in [3.05, 3.63) is 29.8 Å². The predicted octanol–water partition coefficient (Wildman–Crippen LogP) is 1.74. The molecule has 0 aromatic heterocycles. The fourth-order valence-electron chi connectivity index (χ4n) is 3.54. The van der Waals surface area contributed by atoms with Gasteiger partial charge in [0.2, 0.25) is 0 Å². The molecule has 1 unspecified atom stereocenters. The Labute approximate surface area is 150 Å². The number of rotatable bonds is 6. The molecule has 3 rings (SSSR count). The molecule has 2 aliphatic heterocycles. The summed E-state index contributed by atoms with van der Waals surface area (Å²) in [5, 5.41) is 3.03. The number of hydrogen-bond donors (Lipinski definition) is 1. The Morgan fingerprint density at radius 3 is 2.80 bits per heavy atom. The molecule has 0 spiro atoms. The van der Waals surface area contributed by atoms with Gasteiger partial charge >= 0.3 is 6.03 Å². The SMILES string of the molecule is COc1ccccc1CCNC(=O)N1CCN(CC2CCCO2)CC1. The molecule has 25 heavy (non-hydrogen) atoms. The van der Waals surface area contributed by atoms with Gasteiger partial charge in [0.15, 0.2) is 0 Å². The van der Waals surface area contributed by atoms with E-state index in [1.54, 1.807) is 7.11 Å². The first-order valence-corrected chi connectivity index (χ1v) is 9.25. The van der Waals surface area contributed by atoms with Gasteiger partial charge in [0, 0.05) is 45.9 Å². The smallest absolute Gasteiger partial charge is 0.317 e. The summed E-state index contributed by atoms with van der Waals surface area (Å²) in [4.78, 5) is 16.7. The zero-order chi connectivity index (χ0) is 17.5. The van der Waals surface area contributed by atoms with Crippen LogP contribution in [0.5, 0.6) is 5.75 Å². The Morgan fingerprint density at radius 1 is 1.28 bits per heavy atom. The van der Waals surface area contributed by atoms with Crippen LogP contribution in [0.4, 0.5) is 4.79 Å². The third-order valence-electron chi connectivity index (χ3n) is 5.01. The molecule has 2 aliphatic rings. The van der Waals surface area contributed by atoms with Gasteiger partial charge in [-0.3, -0.25) is 4.90 Å². The molecule has 138 valence electrons. The monoisotopic (exact) mass is 347 g/mol. The number of urea groups is 1. The molecule has 6 nitrogen and oxygen atoms in total. The maximum absolute atomic E-state index is 12.3. The van der Waals surface area contributed by atoms with Crippen LogP contribution in [0, 0.1) is 0 Å². The van der Waals surface area contributed by atoms with E-state index in [1.165, 1.54) is 12.8 Å². The Bertz CT molecular complexity index is 553. The molecule has 1 N–H and O–H groups in total. The highest BCUT2D eigenvalue weighted by Crippen LogP contribution is 2.17. The van der Waals surface area contributed by atoms with E-state index in [-0.39, 0.29) is 6.03 Å². The van der Waals surface area contributed by atoms with Crippen LogP contribution in [-0.4, -0.2) is 74.9 Å². The highest BCUT2D eigenvalue weighted by molar-refractivity contribution is 5.74. The van der Waals surface area contributed by atoms with E-state index < -0.39 is 0 Å². The van der Waals surface area contributed by atoms with Crippen molar-refractivity contribution in [3.63, 3.8) is 0 Å². The van der Waals surface area contributed by atoms with E-state index in [9.17, 15) is 4.79 Å². The number of carbonyl (C=O) groups excluding carboxylic acids is 1. The first-order chi connectivity index (χ1) is 12.3. The van der Waals surface area contributed by atoms with Crippen LogP contribution in [0.3, 0.4) is 0 Å². The molecule has 2 fully saturated rings. The number of piperazine rings is 1. The Morgan fingerprint density at radius 2 is 2.08 bits per heavy atom. The summed E-state index contributed by atoms with van der Waals surface area (Å²) in [7, 11) is 1.67. The lowest BCUT2D eigenvalue weighted by Crippen LogP contribution is -2.53. The molecule has 0 radical (unpaired) electrons. The number of nitrogens with zero attached hydrogens (tertiary/aromatic N) is 2. The second kappa shape index (κ2) is 9.06. The number of methoxy groups -OCH3 is 1. The van der Waals surface area contributed by atoms with Crippen LogP contribution >= 0.6 is 0 Å². The van der Waals surface area contributed by atoms with Crippen LogP contribution in [0.1, 0.15) is 18.4 Å². The number of nitrogens with one attached hydrogen (secondary N) is 1. The molecule has 1 atom stereocenters. The van der Waals surface area contributed by atoms with Gasteiger partial charge in [0.25, 0.3) is 0 Å². The van der Waals surface area contributed by atoms with Crippen molar-refractivity contribution in [3.8, 4) is 5.75 Å². The summed E-state index contributed by atoms with van der Waals surface area (Å²) < 4.78 is 11.0. The number of benzene rings is 1. The fourth-order valence-corrected chi connectivity index (χ4v) is 3.54. The van der Waals surface area contributed by atoms with Crippen molar-refractivity contribution < 1.29 is 14.3 Å². The Hall–Kier alpha value is -1.79. The van der Waals surface area contributed by atoms with Crippen molar-refractivity contribution in [2.45, 2.75) is 25.4 Å². The van der Waals surface area contributed by atoms with Crippen molar-refractivity contribution in [1.82, 2.24) is 15.1 Å². The van der Waals surface area contributed by atoms with Crippen LogP contribution in [0.2, 0.25) is 0 Å². The van der Waals surface area contributed by atoms with E-state index in [1.807, 2.05) is 29.2 Å². The van der Waals surface area contributed by atoms with E-state index in [0.29, 0.717) is 12.6 Å². The average molecular weight is 347 g/mol. The van der Waals surface area contributed by atoms with E-state index >= 15 is 0 Å². The summed E-state index contributed by atoms with van der Waals surface area (Å²) >= 11 is 0. The zero-order valence-electron chi connectivity index (χ0n) is 15.1. The molecule has 6 heteroatoms. The van der Waals surface area contributed by atoms with Crippen LogP contribution in [0.25, 0.3) is 0 Å². The van der Waals surface area contributed by atoms with Crippen molar-refractivity contribution in [2.75, 3.05) is 53.0 Å². The lowest BCUT2D eigenvalue weighted by Gasteiger charge is -2.35. The van der Waals surface area contributed by atoms with Gasteiger partial charge < -0.3 is 19.7 Å². The summed E-state index contributed by atoms with van der Waals surface area (Å²) in [5.41, 5.74) is 1.12. The van der Waals surface area contributed by atoms with Gasteiger partial charge in [-0.1, -0.05) is 18.2 Å². The summed E-state index contributed by atoms with van der Waals surface area (Å²) in [5.74, 6) is 0.875. The lowest BCUT2D eigenvalue weighted by molar-refractivity contribution is 0.0561. The summed E-state index contributed by atoms with van der Waals surface area (Å²) in [6, 6.07) is 7.97.